The molecule has 2 spiro atoms. The highest BCUT2D eigenvalue weighted by Gasteiger charge is 2.63. The Kier molecular flexibility index (Phi) is 12.9. The molecule has 0 aliphatic carbocycles. The number of ether oxygens (including phenoxy) is 5. The fraction of sp³-hybridized carbons (Fsp3) is 0.930. The van der Waals surface area contributed by atoms with Crippen molar-refractivity contribution in [2.24, 2.45) is 47.3 Å². The fourth-order valence-electron chi connectivity index (χ4n) is 10.4. The SMILES string of the molecule is CC[C@@H](C(=O)[C@@H](C)[C@@H](O)[C@H](C)[C@@H]1O[C@@H]([C@H](C)C(C)C)CC[C@@H]1C)[C@H]1O[C@]2(C=C[C@@H](O)[C@]3(CC[C@@](C)([C@H]4CC[C@](O)(CC)[C@H](C)O4)O3)O2)[C@H](C)C[C@@H]1C. The number of Topliss-reactive ketones (excluding diaryl/α,β-unsaturated/α-hetero) is 1. The largest absolute Gasteiger partial charge is 0.392 e. The monoisotopic (exact) mass is 735 g/mol. The van der Waals surface area contributed by atoms with Crippen molar-refractivity contribution in [2.75, 3.05) is 0 Å². The molecule has 0 amide bonds. The van der Waals surface area contributed by atoms with E-state index < -0.39 is 52.9 Å². The number of rotatable bonds is 11. The van der Waals surface area contributed by atoms with Gasteiger partial charge in [-0.1, -0.05) is 69.2 Å². The summed E-state index contributed by atoms with van der Waals surface area (Å²) in [5, 5.41) is 34.3. The van der Waals surface area contributed by atoms with E-state index in [0.717, 1.165) is 19.3 Å². The average molecular weight is 735 g/mol. The molecule has 52 heavy (non-hydrogen) atoms. The summed E-state index contributed by atoms with van der Waals surface area (Å²) < 4.78 is 33.9. The van der Waals surface area contributed by atoms with E-state index in [1.807, 2.05) is 47.6 Å². The molecular formula is C43H74O9. The van der Waals surface area contributed by atoms with Crippen molar-refractivity contribution in [1.29, 1.82) is 0 Å². The molecule has 0 unspecified atom stereocenters. The minimum absolute atomic E-state index is 0.00815. The maximum atomic E-state index is 14.5. The van der Waals surface area contributed by atoms with E-state index in [-0.39, 0.29) is 48.0 Å². The van der Waals surface area contributed by atoms with Crippen LogP contribution in [0.5, 0.6) is 0 Å². The lowest BCUT2D eigenvalue weighted by Crippen LogP contribution is -2.63. The van der Waals surface area contributed by atoms with Gasteiger partial charge in [-0.25, -0.2) is 0 Å². The highest BCUT2D eigenvalue weighted by Crippen LogP contribution is 2.54. The summed E-state index contributed by atoms with van der Waals surface area (Å²) >= 11 is 0. The second-order valence-electron chi connectivity index (χ2n) is 18.7. The Labute approximate surface area is 314 Å². The number of carbonyl (C=O) groups is 1. The molecule has 5 aliphatic heterocycles. The van der Waals surface area contributed by atoms with E-state index in [9.17, 15) is 20.1 Å². The van der Waals surface area contributed by atoms with Gasteiger partial charge in [-0.2, -0.15) is 0 Å². The number of carbonyl (C=O) groups excluding carboxylic acids is 1. The van der Waals surface area contributed by atoms with Gasteiger partial charge in [-0.05, 0) is 101 Å². The molecule has 3 N–H and O–H groups in total. The topological polar surface area (TPSA) is 124 Å². The van der Waals surface area contributed by atoms with Crippen LogP contribution < -0.4 is 0 Å². The molecule has 18 atom stereocenters. The molecule has 0 saturated carbocycles. The first-order chi connectivity index (χ1) is 24.3. The highest BCUT2D eigenvalue weighted by atomic mass is 16.8. The van der Waals surface area contributed by atoms with Gasteiger partial charge in [0.25, 0.3) is 0 Å². The van der Waals surface area contributed by atoms with Crippen LogP contribution in [0.25, 0.3) is 0 Å². The van der Waals surface area contributed by atoms with E-state index in [1.165, 1.54) is 0 Å². The predicted octanol–water partition coefficient (Wildman–Crippen LogP) is 7.37. The summed E-state index contributed by atoms with van der Waals surface area (Å²) in [5.74, 6) is -2.51. The summed E-state index contributed by atoms with van der Waals surface area (Å²) in [4.78, 5) is 14.5. The molecule has 4 fully saturated rings. The molecule has 0 bridgehead atoms. The predicted molar refractivity (Wildman–Crippen MR) is 201 cm³/mol. The summed E-state index contributed by atoms with van der Waals surface area (Å²) in [7, 11) is 0. The first kappa shape index (κ1) is 42.2. The lowest BCUT2D eigenvalue weighted by molar-refractivity contribution is -0.409. The zero-order valence-corrected chi connectivity index (χ0v) is 34.5. The standard InChI is InChI=1S/C43H74O9/c1-13-32(37(46)29(9)36(45)30(10)38-25(5)15-16-33(49-38)28(8)24(3)4)39-26(6)23-27(7)42(50-39)20-17-34(44)43(52-42)22-21-40(12,51-43)35-18-19-41(47,14-2)31(11)48-35/h17,20,24-36,38-39,44-45,47H,13-16,18-19,21-23H2,1-12H3/t25-,26-,27+,28+,29-,30-,31-,32-,33+,34+,35+,36+,38+,39-,40-,41+,42-,43-/m0/s1. The van der Waals surface area contributed by atoms with Crippen LogP contribution in [0.3, 0.4) is 0 Å². The molecule has 9 nitrogen and oxygen atoms in total. The van der Waals surface area contributed by atoms with Gasteiger partial charge in [-0.3, -0.25) is 4.79 Å². The number of aliphatic hydroxyl groups is 3. The van der Waals surface area contributed by atoms with Crippen molar-refractivity contribution in [3.63, 3.8) is 0 Å². The molecule has 5 heterocycles. The summed E-state index contributed by atoms with van der Waals surface area (Å²) in [6, 6.07) is 0. The Morgan fingerprint density at radius 1 is 0.885 bits per heavy atom. The third kappa shape index (κ3) is 7.74. The van der Waals surface area contributed by atoms with Gasteiger partial charge in [0.1, 0.15) is 11.9 Å². The number of hydrogen-bond acceptors (Lipinski definition) is 9. The third-order valence-electron chi connectivity index (χ3n) is 14.9. The van der Waals surface area contributed by atoms with Crippen LogP contribution in [0.4, 0.5) is 0 Å². The highest BCUT2D eigenvalue weighted by molar-refractivity contribution is 5.84. The van der Waals surface area contributed by atoms with E-state index in [4.69, 9.17) is 23.7 Å². The van der Waals surface area contributed by atoms with Crippen LogP contribution in [0.15, 0.2) is 12.2 Å². The van der Waals surface area contributed by atoms with Crippen molar-refractivity contribution >= 4 is 5.78 Å². The summed E-state index contributed by atoms with van der Waals surface area (Å²) in [6.45, 7) is 25.0. The normalized spacial score (nSPS) is 47.0. The average Bonchev–Trinajstić information content (AvgIpc) is 3.46. The fourth-order valence-corrected chi connectivity index (χ4v) is 10.4. The molecule has 9 heteroatoms. The first-order valence-electron chi connectivity index (χ1n) is 21.0. The van der Waals surface area contributed by atoms with Crippen LogP contribution in [0, 0.1) is 47.3 Å². The maximum absolute atomic E-state index is 14.5. The van der Waals surface area contributed by atoms with Crippen molar-refractivity contribution in [2.45, 2.75) is 206 Å². The molecule has 300 valence electrons. The van der Waals surface area contributed by atoms with Gasteiger partial charge < -0.3 is 39.0 Å². The molecular weight excluding hydrogens is 660 g/mol. The number of aliphatic hydroxyl groups excluding tert-OH is 2. The van der Waals surface area contributed by atoms with Crippen LogP contribution in [-0.2, 0) is 28.5 Å². The van der Waals surface area contributed by atoms with Crippen molar-refractivity contribution in [1.82, 2.24) is 0 Å². The number of hydrogen-bond donors (Lipinski definition) is 3. The van der Waals surface area contributed by atoms with Crippen molar-refractivity contribution < 1.29 is 43.8 Å². The number of ketones is 1. The molecule has 4 saturated heterocycles. The minimum atomic E-state index is -1.33. The smallest absolute Gasteiger partial charge is 0.202 e. The first-order valence-corrected chi connectivity index (χ1v) is 21.0. The lowest BCUT2D eigenvalue weighted by Gasteiger charge is -2.54. The van der Waals surface area contributed by atoms with Gasteiger partial charge in [0.05, 0.1) is 47.8 Å². The second-order valence-corrected chi connectivity index (χ2v) is 18.7. The zero-order valence-electron chi connectivity index (χ0n) is 34.5. The molecule has 0 aromatic heterocycles. The van der Waals surface area contributed by atoms with Gasteiger partial charge in [-0.15, -0.1) is 0 Å². The zero-order chi connectivity index (χ0) is 38.6. The van der Waals surface area contributed by atoms with Crippen molar-refractivity contribution in [3.05, 3.63) is 12.2 Å². The molecule has 0 aromatic rings. The Balaban J connectivity index is 1.31. The second kappa shape index (κ2) is 15.9. The summed E-state index contributed by atoms with van der Waals surface area (Å²) in [5.41, 5.74) is -1.58. The Morgan fingerprint density at radius 2 is 1.58 bits per heavy atom. The van der Waals surface area contributed by atoms with Crippen LogP contribution >= 0.6 is 0 Å². The molecule has 0 radical (unpaired) electrons. The van der Waals surface area contributed by atoms with Gasteiger partial charge in [0.2, 0.25) is 5.79 Å². The van der Waals surface area contributed by atoms with Gasteiger partial charge in [0.15, 0.2) is 5.79 Å². The Morgan fingerprint density at radius 3 is 2.19 bits per heavy atom. The summed E-state index contributed by atoms with van der Waals surface area (Å²) in [6.07, 6.45) is 7.12. The minimum Gasteiger partial charge on any atom is -0.392 e. The molecule has 5 rings (SSSR count). The molecule has 0 aromatic carbocycles. The van der Waals surface area contributed by atoms with E-state index in [2.05, 4.69) is 41.5 Å². The van der Waals surface area contributed by atoms with Crippen LogP contribution in [0.2, 0.25) is 0 Å². The lowest BCUT2D eigenvalue weighted by atomic mass is 9.72. The quantitative estimate of drug-likeness (QED) is 0.187. The van der Waals surface area contributed by atoms with E-state index in [1.54, 1.807) is 6.08 Å². The van der Waals surface area contributed by atoms with Crippen molar-refractivity contribution in [3.8, 4) is 0 Å². The Hall–Kier alpha value is -0.910. The van der Waals surface area contributed by atoms with Crippen LogP contribution in [0.1, 0.15) is 141 Å². The van der Waals surface area contributed by atoms with Gasteiger partial charge >= 0.3 is 0 Å². The van der Waals surface area contributed by atoms with E-state index >= 15 is 0 Å². The Bertz CT molecular complexity index is 1260. The molecule has 5 aliphatic rings. The van der Waals surface area contributed by atoms with Gasteiger partial charge in [0, 0.05) is 30.1 Å². The van der Waals surface area contributed by atoms with Crippen LogP contribution in [-0.4, -0.2) is 86.6 Å². The maximum Gasteiger partial charge on any atom is 0.202 e. The van der Waals surface area contributed by atoms with E-state index in [0.29, 0.717) is 56.3 Å². The third-order valence-corrected chi connectivity index (χ3v) is 14.9.